The van der Waals surface area contributed by atoms with Gasteiger partial charge < -0.3 is 4.98 Å². The number of nitrogens with one attached hydrogen (secondary N) is 1. The van der Waals surface area contributed by atoms with Crippen molar-refractivity contribution in [3.05, 3.63) is 59.8 Å². The Bertz CT molecular complexity index is 1110. The molecule has 27 heavy (non-hydrogen) atoms. The molecule has 5 heteroatoms. The van der Waals surface area contributed by atoms with E-state index < -0.39 is 0 Å². The Morgan fingerprint density at radius 2 is 1.93 bits per heavy atom. The van der Waals surface area contributed by atoms with Gasteiger partial charge in [0.2, 0.25) is 0 Å². The van der Waals surface area contributed by atoms with Crippen LogP contribution in [-0.2, 0) is 6.42 Å². The van der Waals surface area contributed by atoms with Crippen LogP contribution in [-0.4, -0.2) is 19.4 Å². The van der Waals surface area contributed by atoms with Crippen molar-refractivity contribution < 1.29 is 0 Å². The van der Waals surface area contributed by atoms with Crippen molar-refractivity contribution in [3.63, 3.8) is 0 Å². The normalized spacial score (nSPS) is 20.5. The number of rotatable bonds is 2. The molecule has 4 aromatic rings. The van der Waals surface area contributed by atoms with Crippen LogP contribution in [0.2, 0.25) is 0 Å². The molecular weight excluding hydrogens is 352 g/mol. The molecule has 1 fully saturated rings. The van der Waals surface area contributed by atoms with E-state index in [1.807, 2.05) is 24.2 Å². The molecule has 0 bridgehead atoms. The van der Waals surface area contributed by atoms with Gasteiger partial charge in [0.1, 0.15) is 5.82 Å². The number of aromatic amines is 1. The minimum absolute atomic E-state index is 0.382. The first kappa shape index (κ1) is 15.8. The Morgan fingerprint density at radius 1 is 1.04 bits per heavy atom. The number of fused-ring (bicyclic) bond motifs is 4. The predicted octanol–water partition coefficient (Wildman–Crippen LogP) is 5.65. The van der Waals surface area contributed by atoms with Gasteiger partial charge >= 0.3 is 0 Å². The second kappa shape index (κ2) is 6.13. The molecule has 1 aliphatic carbocycles. The van der Waals surface area contributed by atoms with Gasteiger partial charge in [-0.15, -0.1) is 11.8 Å². The number of hydrogen-bond donors (Lipinski definition) is 1. The van der Waals surface area contributed by atoms with Crippen LogP contribution in [0.1, 0.15) is 60.4 Å². The van der Waals surface area contributed by atoms with E-state index in [2.05, 4.69) is 44.7 Å². The second-order valence-electron chi connectivity index (χ2n) is 7.80. The molecule has 1 aliphatic heterocycles. The molecule has 0 radical (unpaired) electrons. The Labute approximate surface area is 162 Å². The number of H-pyrrole nitrogens is 1. The SMILES string of the molecule is c1ccc2c(c1)CC(c1nc(C3CCCCC3)n3c1cnc1[nH]ccc13)S2. The number of benzene rings is 1. The summed E-state index contributed by atoms with van der Waals surface area (Å²) in [5, 5.41) is 0.382. The molecule has 1 atom stereocenters. The average molecular weight is 375 g/mol. The minimum atomic E-state index is 0.382. The highest BCUT2D eigenvalue weighted by Gasteiger charge is 2.30. The summed E-state index contributed by atoms with van der Waals surface area (Å²) in [4.78, 5) is 14.7. The molecule has 1 N–H and O–H groups in total. The highest BCUT2D eigenvalue weighted by Crippen LogP contribution is 2.48. The molecule has 1 saturated carbocycles. The number of hydrogen-bond acceptors (Lipinski definition) is 3. The van der Waals surface area contributed by atoms with E-state index in [1.165, 1.54) is 59.6 Å². The summed E-state index contributed by atoms with van der Waals surface area (Å²) in [6.07, 6.45) is 11.6. The van der Waals surface area contributed by atoms with E-state index >= 15 is 0 Å². The standard InChI is InChI=1S/C22H22N4S/c1-2-6-14(7-3-1)22-25-20(19-12-15-8-4-5-9-18(15)27-19)17-13-24-21-16(26(17)22)10-11-23-21/h4-5,8-11,13-14,19,23H,1-3,6-7,12H2. The summed E-state index contributed by atoms with van der Waals surface area (Å²) in [6.45, 7) is 0. The second-order valence-corrected chi connectivity index (χ2v) is 9.04. The van der Waals surface area contributed by atoms with Crippen molar-refractivity contribution in [3.8, 4) is 0 Å². The number of thioether (sulfide) groups is 1. The molecule has 0 amide bonds. The van der Waals surface area contributed by atoms with Crippen molar-refractivity contribution in [2.45, 2.75) is 54.6 Å². The molecule has 2 aliphatic rings. The lowest BCUT2D eigenvalue weighted by Crippen LogP contribution is -2.09. The van der Waals surface area contributed by atoms with E-state index in [4.69, 9.17) is 4.98 Å². The van der Waals surface area contributed by atoms with E-state index in [1.54, 1.807) is 0 Å². The van der Waals surface area contributed by atoms with Gasteiger partial charge in [0, 0.05) is 17.0 Å². The van der Waals surface area contributed by atoms with Crippen molar-refractivity contribution in [1.82, 2.24) is 19.4 Å². The lowest BCUT2D eigenvalue weighted by atomic mass is 9.89. The molecule has 0 spiro atoms. The van der Waals surface area contributed by atoms with Crippen LogP contribution in [0.4, 0.5) is 0 Å². The minimum Gasteiger partial charge on any atom is -0.345 e. The van der Waals surface area contributed by atoms with Crippen LogP contribution in [0.3, 0.4) is 0 Å². The van der Waals surface area contributed by atoms with Crippen LogP contribution in [0, 0.1) is 0 Å². The Morgan fingerprint density at radius 3 is 2.81 bits per heavy atom. The van der Waals surface area contributed by atoms with Gasteiger partial charge in [-0.2, -0.15) is 0 Å². The van der Waals surface area contributed by atoms with Crippen LogP contribution >= 0.6 is 11.8 Å². The first-order valence-corrected chi connectivity index (χ1v) is 10.9. The molecule has 136 valence electrons. The third-order valence-corrected chi connectivity index (χ3v) is 7.48. The Kier molecular flexibility index (Phi) is 3.58. The molecule has 1 aromatic carbocycles. The fourth-order valence-electron chi connectivity index (χ4n) is 4.81. The summed E-state index contributed by atoms with van der Waals surface area (Å²) in [6, 6.07) is 10.9. The topological polar surface area (TPSA) is 46.0 Å². The van der Waals surface area contributed by atoms with Crippen molar-refractivity contribution in [1.29, 1.82) is 0 Å². The van der Waals surface area contributed by atoms with Gasteiger partial charge in [0.15, 0.2) is 5.65 Å². The maximum atomic E-state index is 5.30. The summed E-state index contributed by atoms with van der Waals surface area (Å²) in [5.74, 6) is 1.82. The summed E-state index contributed by atoms with van der Waals surface area (Å²) < 4.78 is 2.40. The number of aromatic nitrogens is 4. The average Bonchev–Trinajstić information content (AvgIpc) is 3.43. The third-order valence-electron chi connectivity index (χ3n) is 6.15. The molecular formula is C22H22N4S. The van der Waals surface area contributed by atoms with Crippen molar-refractivity contribution >= 4 is 28.4 Å². The van der Waals surface area contributed by atoms with Crippen molar-refractivity contribution in [2.75, 3.05) is 0 Å². The lowest BCUT2D eigenvalue weighted by Gasteiger charge is -2.20. The van der Waals surface area contributed by atoms with Crippen molar-refractivity contribution in [2.24, 2.45) is 0 Å². The molecule has 6 rings (SSSR count). The molecule has 0 saturated heterocycles. The van der Waals surface area contributed by atoms with E-state index in [-0.39, 0.29) is 0 Å². The number of imidazole rings is 1. The molecule has 4 nitrogen and oxygen atoms in total. The van der Waals surface area contributed by atoms with Gasteiger partial charge in [-0.05, 0) is 37.0 Å². The zero-order valence-electron chi connectivity index (χ0n) is 15.2. The zero-order valence-corrected chi connectivity index (χ0v) is 16.0. The van der Waals surface area contributed by atoms with E-state index in [9.17, 15) is 0 Å². The van der Waals surface area contributed by atoms with Crippen LogP contribution in [0.5, 0.6) is 0 Å². The van der Waals surface area contributed by atoms with Gasteiger partial charge in [0.25, 0.3) is 0 Å². The zero-order chi connectivity index (χ0) is 17.8. The van der Waals surface area contributed by atoms with Gasteiger partial charge in [0.05, 0.1) is 28.2 Å². The largest absolute Gasteiger partial charge is 0.345 e. The monoisotopic (exact) mass is 374 g/mol. The van der Waals surface area contributed by atoms with Gasteiger partial charge in [-0.3, -0.25) is 4.40 Å². The van der Waals surface area contributed by atoms with Crippen LogP contribution in [0.15, 0.2) is 47.6 Å². The molecule has 1 unspecified atom stereocenters. The molecule has 4 heterocycles. The first-order valence-electron chi connectivity index (χ1n) is 9.97. The third kappa shape index (κ3) is 2.44. The first-order chi connectivity index (χ1) is 13.4. The Balaban J connectivity index is 1.53. The predicted molar refractivity (Wildman–Crippen MR) is 109 cm³/mol. The van der Waals surface area contributed by atoms with Crippen LogP contribution in [0.25, 0.3) is 16.7 Å². The number of nitrogens with zero attached hydrogens (tertiary/aromatic N) is 3. The summed E-state index contributed by atoms with van der Waals surface area (Å²) in [5.41, 5.74) is 5.96. The van der Waals surface area contributed by atoms with Crippen LogP contribution < -0.4 is 0 Å². The fraction of sp³-hybridized carbons (Fsp3) is 0.364. The highest BCUT2D eigenvalue weighted by molar-refractivity contribution is 7.99. The smallest absolute Gasteiger partial charge is 0.154 e. The summed E-state index contributed by atoms with van der Waals surface area (Å²) in [7, 11) is 0. The quantitative estimate of drug-likeness (QED) is 0.493. The van der Waals surface area contributed by atoms with E-state index in [0.29, 0.717) is 11.2 Å². The highest BCUT2D eigenvalue weighted by atomic mass is 32.2. The van der Waals surface area contributed by atoms with Gasteiger partial charge in [-0.1, -0.05) is 37.5 Å². The Hall–Kier alpha value is -2.27. The lowest BCUT2D eigenvalue weighted by molar-refractivity contribution is 0.428. The van der Waals surface area contributed by atoms with Gasteiger partial charge in [-0.25, -0.2) is 9.97 Å². The fourth-order valence-corrected chi connectivity index (χ4v) is 6.13. The summed E-state index contributed by atoms with van der Waals surface area (Å²) >= 11 is 1.96. The maximum absolute atomic E-state index is 5.30. The van der Waals surface area contributed by atoms with E-state index in [0.717, 1.165) is 17.6 Å². The molecule has 3 aromatic heterocycles. The maximum Gasteiger partial charge on any atom is 0.154 e.